The summed E-state index contributed by atoms with van der Waals surface area (Å²) in [6.07, 6.45) is 4.35. The van der Waals surface area contributed by atoms with Gasteiger partial charge in [-0.1, -0.05) is 32.4 Å². The minimum atomic E-state index is -3.48. The Labute approximate surface area is 199 Å². The number of rotatable bonds is 7. The molecule has 3 aromatic rings. The Bertz CT molecular complexity index is 1250. The van der Waals surface area contributed by atoms with E-state index in [-0.39, 0.29) is 29.1 Å². The van der Waals surface area contributed by atoms with Crippen molar-refractivity contribution >= 4 is 15.9 Å². The molecule has 2 heterocycles. The van der Waals surface area contributed by atoms with Gasteiger partial charge in [0.15, 0.2) is 0 Å². The second kappa shape index (κ2) is 10.1. The molecule has 34 heavy (non-hydrogen) atoms. The topological polar surface area (TPSA) is 84.3 Å². The number of piperidine rings is 1. The lowest BCUT2D eigenvalue weighted by Gasteiger charge is -2.25. The van der Waals surface area contributed by atoms with Crippen LogP contribution in [0.25, 0.3) is 5.69 Å². The van der Waals surface area contributed by atoms with Crippen molar-refractivity contribution in [2.24, 2.45) is 0 Å². The highest BCUT2D eigenvalue weighted by Crippen LogP contribution is 2.24. The van der Waals surface area contributed by atoms with Gasteiger partial charge in [0.25, 0.3) is 5.91 Å². The fourth-order valence-corrected chi connectivity index (χ4v) is 5.70. The van der Waals surface area contributed by atoms with E-state index in [9.17, 15) is 17.6 Å². The molecular formula is C25H29FN4O3S. The molecule has 2 aromatic carbocycles. The van der Waals surface area contributed by atoms with E-state index >= 15 is 0 Å². The highest BCUT2D eigenvalue weighted by atomic mass is 32.2. The van der Waals surface area contributed by atoms with E-state index in [4.69, 9.17) is 0 Å². The Balaban J connectivity index is 1.46. The molecule has 1 aromatic heterocycles. The van der Waals surface area contributed by atoms with Crippen LogP contribution in [0.4, 0.5) is 4.39 Å². The summed E-state index contributed by atoms with van der Waals surface area (Å²) in [5.41, 5.74) is 2.65. The molecule has 1 amide bonds. The zero-order valence-corrected chi connectivity index (χ0v) is 20.2. The smallest absolute Gasteiger partial charge is 0.255 e. The number of sulfonamides is 1. The number of aromatic nitrogens is 2. The van der Waals surface area contributed by atoms with Crippen molar-refractivity contribution in [3.05, 3.63) is 77.4 Å². The Morgan fingerprint density at radius 1 is 1.03 bits per heavy atom. The molecule has 1 aliphatic rings. The van der Waals surface area contributed by atoms with Gasteiger partial charge in [-0.05, 0) is 60.7 Å². The summed E-state index contributed by atoms with van der Waals surface area (Å²) in [6, 6.07) is 12.6. The van der Waals surface area contributed by atoms with Crippen LogP contribution >= 0.6 is 0 Å². The number of benzene rings is 2. The molecule has 1 saturated heterocycles. The first kappa shape index (κ1) is 24.1. The van der Waals surface area contributed by atoms with Crippen LogP contribution in [0.1, 0.15) is 60.6 Å². The first-order valence-electron chi connectivity index (χ1n) is 11.5. The van der Waals surface area contributed by atoms with E-state index in [1.165, 1.54) is 18.3 Å². The predicted molar refractivity (Wildman–Crippen MR) is 128 cm³/mol. The molecule has 0 spiro atoms. The second-order valence-electron chi connectivity index (χ2n) is 8.78. The largest absolute Gasteiger partial charge is 0.348 e. The maximum absolute atomic E-state index is 13.3. The molecule has 4 rings (SSSR count). The van der Waals surface area contributed by atoms with Crippen LogP contribution < -0.4 is 5.32 Å². The number of nitrogens with zero attached hydrogens (tertiary/aromatic N) is 3. The average Bonchev–Trinajstić information content (AvgIpc) is 3.29. The van der Waals surface area contributed by atoms with Crippen LogP contribution in [0.5, 0.6) is 0 Å². The van der Waals surface area contributed by atoms with Gasteiger partial charge in [-0.15, -0.1) is 0 Å². The first-order chi connectivity index (χ1) is 16.3. The molecular weight excluding hydrogens is 455 g/mol. The Morgan fingerprint density at radius 2 is 1.68 bits per heavy atom. The van der Waals surface area contributed by atoms with Crippen molar-refractivity contribution in [2.75, 3.05) is 13.1 Å². The molecule has 0 atom stereocenters. The molecule has 0 saturated carbocycles. The van der Waals surface area contributed by atoms with Crippen molar-refractivity contribution in [2.45, 2.75) is 50.5 Å². The van der Waals surface area contributed by atoms with Gasteiger partial charge in [-0.2, -0.15) is 9.40 Å². The van der Waals surface area contributed by atoms with Crippen LogP contribution in [0, 0.1) is 5.82 Å². The Kier molecular flexibility index (Phi) is 7.13. The van der Waals surface area contributed by atoms with Gasteiger partial charge in [0, 0.05) is 19.6 Å². The van der Waals surface area contributed by atoms with Gasteiger partial charge in [-0.3, -0.25) is 4.79 Å². The van der Waals surface area contributed by atoms with Crippen LogP contribution in [-0.2, 0) is 16.6 Å². The molecule has 180 valence electrons. The number of carbonyl (C=O) groups is 1. The van der Waals surface area contributed by atoms with Gasteiger partial charge in [-0.25, -0.2) is 17.5 Å². The number of amides is 1. The molecule has 0 radical (unpaired) electrons. The number of hydrogen-bond acceptors (Lipinski definition) is 4. The molecule has 9 heteroatoms. The summed E-state index contributed by atoms with van der Waals surface area (Å²) in [6.45, 7) is 5.31. The molecule has 1 N–H and O–H groups in total. The lowest BCUT2D eigenvalue weighted by atomic mass is 10.0. The van der Waals surface area contributed by atoms with E-state index in [1.54, 1.807) is 45.4 Å². The maximum atomic E-state index is 13.3. The van der Waals surface area contributed by atoms with Crippen molar-refractivity contribution in [1.82, 2.24) is 19.4 Å². The zero-order valence-electron chi connectivity index (χ0n) is 19.4. The van der Waals surface area contributed by atoms with E-state index in [0.717, 1.165) is 30.5 Å². The van der Waals surface area contributed by atoms with Gasteiger partial charge in [0.1, 0.15) is 5.82 Å². The lowest BCUT2D eigenvalue weighted by molar-refractivity contribution is 0.0949. The number of nitrogens with one attached hydrogen (secondary N) is 1. The maximum Gasteiger partial charge on any atom is 0.255 e. The molecule has 1 fully saturated rings. The van der Waals surface area contributed by atoms with Gasteiger partial charge in [0.05, 0.1) is 28.0 Å². The third kappa shape index (κ3) is 5.05. The van der Waals surface area contributed by atoms with Gasteiger partial charge < -0.3 is 5.32 Å². The van der Waals surface area contributed by atoms with Gasteiger partial charge >= 0.3 is 0 Å². The highest BCUT2D eigenvalue weighted by molar-refractivity contribution is 7.89. The third-order valence-corrected chi connectivity index (χ3v) is 7.91. The summed E-state index contributed by atoms with van der Waals surface area (Å²) in [4.78, 5) is 13.2. The van der Waals surface area contributed by atoms with Crippen LogP contribution in [0.15, 0.2) is 59.6 Å². The van der Waals surface area contributed by atoms with Crippen LogP contribution in [0.2, 0.25) is 0 Å². The number of hydrogen-bond donors (Lipinski definition) is 1. The molecule has 0 unspecified atom stereocenters. The van der Waals surface area contributed by atoms with Crippen molar-refractivity contribution < 1.29 is 17.6 Å². The second-order valence-corrected chi connectivity index (χ2v) is 10.7. The number of carbonyl (C=O) groups excluding carboxylic acids is 1. The van der Waals surface area contributed by atoms with E-state index in [2.05, 4.69) is 10.4 Å². The Hall–Kier alpha value is -3.04. The standard InChI is InChI=1S/C25H29FN4O3S/c1-18(2)24-23(17-28-30(24)21-10-8-20(26)9-11-21)25(31)27-16-19-6-12-22(13-7-19)34(32,33)29-14-4-3-5-15-29/h6-13,17-18H,3-5,14-16H2,1-2H3,(H,27,31). The minimum Gasteiger partial charge on any atom is -0.348 e. The molecule has 0 aliphatic carbocycles. The van der Waals surface area contributed by atoms with Crippen molar-refractivity contribution in [3.63, 3.8) is 0 Å². The minimum absolute atomic E-state index is 0.00702. The fraction of sp³-hybridized carbons (Fsp3) is 0.360. The summed E-state index contributed by atoms with van der Waals surface area (Å²) in [5, 5.41) is 7.25. The third-order valence-electron chi connectivity index (χ3n) is 6.00. The van der Waals surface area contributed by atoms with E-state index < -0.39 is 10.0 Å². The quantitative estimate of drug-likeness (QED) is 0.544. The van der Waals surface area contributed by atoms with E-state index in [0.29, 0.717) is 24.3 Å². The zero-order chi connectivity index (χ0) is 24.3. The van der Waals surface area contributed by atoms with Crippen LogP contribution in [-0.4, -0.2) is 41.5 Å². The normalized spacial score (nSPS) is 14.9. The lowest BCUT2D eigenvalue weighted by Crippen LogP contribution is -2.35. The summed E-state index contributed by atoms with van der Waals surface area (Å²) in [7, 11) is -3.48. The molecule has 0 bridgehead atoms. The average molecular weight is 485 g/mol. The van der Waals surface area contributed by atoms with Crippen molar-refractivity contribution in [1.29, 1.82) is 0 Å². The number of halogens is 1. The highest BCUT2D eigenvalue weighted by Gasteiger charge is 2.26. The molecule has 7 nitrogen and oxygen atoms in total. The predicted octanol–water partition coefficient (Wildman–Crippen LogP) is 4.24. The summed E-state index contributed by atoms with van der Waals surface area (Å²) >= 11 is 0. The SMILES string of the molecule is CC(C)c1c(C(=O)NCc2ccc(S(=O)(=O)N3CCCCC3)cc2)cnn1-c1ccc(F)cc1. The van der Waals surface area contributed by atoms with E-state index in [1.807, 2.05) is 13.8 Å². The summed E-state index contributed by atoms with van der Waals surface area (Å²) in [5.74, 6) is -0.607. The fourth-order valence-electron chi connectivity index (χ4n) is 4.19. The van der Waals surface area contributed by atoms with Crippen LogP contribution in [0.3, 0.4) is 0 Å². The Morgan fingerprint density at radius 3 is 2.29 bits per heavy atom. The van der Waals surface area contributed by atoms with Crippen molar-refractivity contribution in [3.8, 4) is 5.69 Å². The monoisotopic (exact) mass is 484 g/mol. The first-order valence-corrected chi connectivity index (χ1v) is 12.9. The van der Waals surface area contributed by atoms with Gasteiger partial charge in [0.2, 0.25) is 10.0 Å². The molecule has 1 aliphatic heterocycles. The summed E-state index contributed by atoms with van der Waals surface area (Å²) < 4.78 is 42.1.